The molecule has 2 amide bonds. The molecule has 0 aliphatic heterocycles. The number of esters is 1. The Hall–Kier alpha value is -4.01. The van der Waals surface area contributed by atoms with Gasteiger partial charge in [0.15, 0.2) is 13.2 Å². The first-order valence-electron chi connectivity index (χ1n) is 9.07. The Morgan fingerprint density at radius 2 is 1.58 bits per heavy atom. The minimum Gasteiger partial charge on any atom is -0.481 e. The smallest absolute Gasteiger partial charge is 0.387 e. The van der Waals surface area contributed by atoms with Gasteiger partial charge in [0, 0.05) is 10.9 Å². The predicted octanol–water partition coefficient (Wildman–Crippen LogP) is 3.32. The Kier molecular flexibility index (Phi) is 7.10. The molecule has 3 aromatic carbocycles. The number of nitrogens with one attached hydrogen (secondary N) is 1. The number of fused-ring (bicyclic) bond motifs is 1. The first-order valence-corrected chi connectivity index (χ1v) is 9.07. The second-order valence-electron chi connectivity index (χ2n) is 6.21. The van der Waals surface area contributed by atoms with Gasteiger partial charge in [-0.3, -0.25) is 14.9 Å². The van der Waals surface area contributed by atoms with Crippen LogP contribution in [0.5, 0.6) is 11.5 Å². The molecule has 0 aliphatic rings. The molecule has 3 rings (SSSR count). The molecular formula is C22H17F2NO6. The van der Waals surface area contributed by atoms with Crippen LogP contribution in [0.1, 0.15) is 10.4 Å². The summed E-state index contributed by atoms with van der Waals surface area (Å²) in [6.45, 7) is -4.09. The summed E-state index contributed by atoms with van der Waals surface area (Å²) in [5.74, 6) is -2.05. The Labute approximate surface area is 175 Å². The molecule has 0 radical (unpaired) electrons. The normalized spacial score (nSPS) is 10.5. The van der Waals surface area contributed by atoms with E-state index in [1.165, 1.54) is 12.1 Å². The second-order valence-corrected chi connectivity index (χ2v) is 6.21. The molecule has 0 bridgehead atoms. The number of alkyl halides is 2. The van der Waals surface area contributed by atoms with Crippen LogP contribution in [-0.4, -0.2) is 37.6 Å². The van der Waals surface area contributed by atoms with Crippen LogP contribution >= 0.6 is 0 Å². The lowest BCUT2D eigenvalue weighted by atomic mass is 10.1. The lowest BCUT2D eigenvalue weighted by Gasteiger charge is -2.09. The molecule has 1 N–H and O–H groups in total. The molecule has 0 atom stereocenters. The Bertz CT molecular complexity index is 1080. The van der Waals surface area contributed by atoms with Crippen LogP contribution in [0, 0.1) is 0 Å². The van der Waals surface area contributed by atoms with E-state index in [-0.39, 0.29) is 11.3 Å². The Balaban J connectivity index is 1.44. The zero-order valence-corrected chi connectivity index (χ0v) is 16.0. The highest BCUT2D eigenvalue weighted by molar-refractivity contribution is 6.05. The van der Waals surface area contributed by atoms with Crippen LogP contribution in [0.25, 0.3) is 10.8 Å². The highest BCUT2D eigenvalue weighted by Crippen LogP contribution is 2.25. The van der Waals surface area contributed by atoms with Crippen molar-refractivity contribution in [2.75, 3.05) is 13.2 Å². The number of carbonyl (C=O) groups is 3. The molecule has 0 aliphatic carbocycles. The fraction of sp³-hybridized carbons (Fsp3) is 0.136. The van der Waals surface area contributed by atoms with Gasteiger partial charge in [0.1, 0.15) is 11.5 Å². The molecule has 3 aromatic rings. The standard InChI is InChI=1S/C22H17F2NO6/c23-22(24)31-16-10-8-15(9-11-16)21(28)25-19(26)12-30-20(27)13-29-18-7-3-5-14-4-1-2-6-17(14)18/h1-11,22H,12-13H2,(H,25,26,28). The summed E-state index contributed by atoms with van der Waals surface area (Å²) < 4.78 is 38.7. The van der Waals surface area contributed by atoms with Gasteiger partial charge in [0.05, 0.1) is 0 Å². The van der Waals surface area contributed by atoms with Gasteiger partial charge < -0.3 is 14.2 Å². The van der Waals surface area contributed by atoms with Gasteiger partial charge >= 0.3 is 12.6 Å². The average Bonchev–Trinajstić information content (AvgIpc) is 2.76. The van der Waals surface area contributed by atoms with Crippen LogP contribution in [-0.2, 0) is 14.3 Å². The molecule has 9 heteroatoms. The van der Waals surface area contributed by atoms with Crippen molar-refractivity contribution in [3.63, 3.8) is 0 Å². The number of ether oxygens (including phenoxy) is 3. The van der Waals surface area contributed by atoms with Crippen molar-refractivity contribution in [1.29, 1.82) is 0 Å². The largest absolute Gasteiger partial charge is 0.481 e. The fourth-order valence-electron chi connectivity index (χ4n) is 2.67. The number of halogens is 2. The summed E-state index contributed by atoms with van der Waals surface area (Å²) in [4.78, 5) is 35.7. The highest BCUT2D eigenvalue weighted by atomic mass is 19.3. The molecule has 0 heterocycles. The third kappa shape index (κ3) is 6.23. The maximum absolute atomic E-state index is 12.1. The summed E-state index contributed by atoms with van der Waals surface area (Å²) in [5, 5.41) is 3.79. The summed E-state index contributed by atoms with van der Waals surface area (Å²) in [5.41, 5.74) is 0.0422. The van der Waals surface area contributed by atoms with E-state index in [0.29, 0.717) is 5.75 Å². The molecule has 7 nitrogen and oxygen atoms in total. The molecular weight excluding hydrogens is 412 g/mol. The van der Waals surface area contributed by atoms with Crippen molar-refractivity contribution < 1.29 is 37.4 Å². The van der Waals surface area contributed by atoms with Gasteiger partial charge in [-0.2, -0.15) is 8.78 Å². The maximum Gasteiger partial charge on any atom is 0.387 e. The highest BCUT2D eigenvalue weighted by Gasteiger charge is 2.14. The van der Waals surface area contributed by atoms with Crippen LogP contribution in [0.15, 0.2) is 66.7 Å². The summed E-state index contributed by atoms with van der Waals surface area (Å²) in [6, 6.07) is 17.6. The van der Waals surface area contributed by atoms with Gasteiger partial charge in [-0.05, 0) is 35.7 Å². The van der Waals surface area contributed by atoms with Crippen molar-refractivity contribution >= 4 is 28.6 Å². The average molecular weight is 429 g/mol. The lowest BCUT2D eigenvalue weighted by Crippen LogP contribution is -2.34. The summed E-state index contributed by atoms with van der Waals surface area (Å²) in [6.07, 6.45) is 0. The van der Waals surface area contributed by atoms with Crippen LogP contribution in [0.2, 0.25) is 0 Å². The van der Waals surface area contributed by atoms with E-state index in [1.54, 1.807) is 12.1 Å². The number of imide groups is 1. The van der Waals surface area contributed by atoms with Crippen LogP contribution in [0.3, 0.4) is 0 Å². The monoisotopic (exact) mass is 429 g/mol. The van der Waals surface area contributed by atoms with Crippen LogP contribution in [0.4, 0.5) is 8.78 Å². The molecule has 0 fully saturated rings. The van der Waals surface area contributed by atoms with Crippen molar-refractivity contribution in [3.05, 3.63) is 72.3 Å². The lowest BCUT2D eigenvalue weighted by molar-refractivity contribution is -0.150. The first kappa shape index (κ1) is 21.7. The zero-order chi connectivity index (χ0) is 22.2. The third-order valence-electron chi connectivity index (χ3n) is 4.05. The van der Waals surface area contributed by atoms with E-state index < -0.39 is 37.6 Å². The number of benzene rings is 3. The van der Waals surface area contributed by atoms with E-state index in [1.807, 2.05) is 35.6 Å². The molecule has 0 saturated carbocycles. The predicted molar refractivity (Wildman–Crippen MR) is 106 cm³/mol. The minimum atomic E-state index is -2.99. The van der Waals surface area contributed by atoms with Crippen molar-refractivity contribution in [1.82, 2.24) is 5.32 Å². The topological polar surface area (TPSA) is 90.9 Å². The fourth-order valence-corrected chi connectivity index (χ4v) is 2.67. The third-order valence-corrected chi connectivity index (χ3v) is 4.05. The number of carbonyl (C=O) groups excluding carboxylic acids is 3. The van der Waals surface area contributed by atoms with E-state index >= 15 is 0 Å². The number of hydrogen-bond acceptors (Lipinski definition) is 6. The number of rotatable bonds is 8. The zero-order valence-electron chi connectivity index (χ0n) is 16.0. The van der Waals surface area contributed by atoms with E-state index in [9.17, 15) is 23.2 Å². The van der Waals surface area contributed by atoms with Gasteiger partial charge in [-0.25, -0.2) is 4.79 Å². The number of hydrogen-bond donors (Lipinski definition) is 1. The Morgan fingerprint density at radius 3 is 2.32 bits per heavy atom. The molecule has 31 heavy (non-hydrogen) atoms. The summed E-state index contributed by atoms with van der Waals surface area (Å²) >= 11 is 0. The SMILES string of the molecule is O=C(COC(=O)COc1cccc2ccccc12)NC(=O)c1ccc(OC(F)F)cc1. The van der Waals surface area contributed by atoms with E-state index in [4.69, 9.17) is 9.47 Å². The van der Waals surface area contributed by atoms with Gasteiger partial charge in [0.2, 0.25) is 0 Å². The van der Waals surface area contributed by atoms with E-state index in [2.05, 4.69) is 4.74 Å². The molecule has 0 spiro atoms. The first-order chi connectivity index (χ1) is 14.9. The quantitative estimate of drug-likeness (QED) is 0.553. The summed E-state index contributed by atoms with van der Waals surface area (Å²) in [7, 11) is 0. The van der Waals surface area contributed by atoms with Crippen molar-refractivity contribution in [3.8, 4) is 11.5 Å². The molecule has 0 unspecified atom stereocenters. The maximum atomic E-state index is 12.1. The van der Waals surface area contributed by atoms with Crippen molar-refractivity contribution in [2.24, 2.45) is 0 Å². The molecule has 0 saturated heterocycles. The molecule has 0 aromatic heterocycles. The second kappa shape index (κ2) is 10.1. The van der Waals surface area contributed by atoms with Crippen molar-refractivity contribution in [2.45, 2.75) is 6.61 Å². The van der Waals surface area contributed by atoms with Crippen LogP contribution < -0.4 is 14.8 Å². The Morgan fingerprint density at radius 1 is 0.871 bits per heavy atom. The molecule has 160 valence electrons. The van der Waals surface area contributed by atoms with Gasteiger partial charge in [-0.15, -0.1) is 0 Å². The minimum absolute atomic E-state index is 0.0422. The van der Waals surface area contributed by atoms with Gasteiger partial charge in [0.25, 0.3) is 11.8 Å². The van der Waals surface area contributed by atoms with Gasteiger partial charge in [-0.1, -0.05) is 36.4 Å². The van der Waals surface area contributed by atoms with E-state index in [0.717, 1.165) is 22.9 Å². The number of amides is 2.